The summed E-state index contributed by atoms with van der Waals surface area (Å²) in [5.41, 5.74) is -0.181. The second kappa shape index (κ2) is 6.05. The van der Waals surface area contributed by atoms with Gasteiger partial charge in [0.25, 0.3) is 6.43 Å². The van der Waals surface area contributed by atoms with Gasteiger partial charge in [-0.2, -0.15) is 0 Å². The van der Waals surface area contributed by atoms with Crippen LogP contribution in [-0.4, -0.2) is 10.9 Å². The third kappa shape index (κ3) is 3.73. The van der Waals surface area contributed by atoms with Gasteiger partial charge >= 0.3 is 0 Å². The fourth-order valence-corrected chi connectivity index (χ4v) is 1.51. The molecule has 1 heterocycles. The molecule has 0 bridgehead atoms. The molecule has 1 aromatic rings. The zero-order valence-corrected chi connectivity index (χ0v) is 11.1. The molecule has 0 saturated heterocycles. The van der Waals surface area contributed by atoms with Gasteiger partial charge in [0.15, 0.2) is 0 Å². The SMILES string of the molecule is CCC(C)C(=O)Nc1cc(C(F)F)c(Br)cn1. The van der Waals surface area contributed by atoms with Crippen LogP contribution in [0.5, 0.6) is 0 Å². The summed E-state index contributed by atoms with van der Waals surface area (Å²) >= 11 is 2.98. The average Bonchev–Trinajstić information content (AvgIpc) is 2.30. The molecule has 1 N–H and O–H groups in total. The van der Waals surface area contributed by atoms with Crippen molar-refractivity contribution in [3.8, 4) is 0 Å². The fourth-order valence-electron chi connectivity index (χ4n) is 1.12. The summed E-state index contributed by atoms with van der Waals surface area (Å²) in [7, 11) is 0. The highest BCUT2D eigenvalue weighted by molar-refractivity contribution is 9.10. The molecule has 0 aromatic carbocycles. The minimum absolute atomic E-state index is 0.147. The topological polar surface area (TPSA) is 42.0 Å². The molecule has 6 heteroatoms. The van der Waals surface area contributed by atoms with Crippen molar-refractivity contribution >= 4 is 27.7 Å². The van der Waals surface area contributed by atoms with E-state index < -0.39 is 6.43 Å². The van der Waals surface area contributed by atoms with Gasteiger partial charge in [-0.3, -0.25) is 4.79 Å². The predicted octanol–water partition coefficient (Wildman–Crippen LogP) is 3.77. The molecule has 17 heavy (non-hydrogen) atoms. The quantitative estimate of drug-likeness (QED) is 0.920. The molecule has 0 spiro atoms. The molecular formula is C11H13BrF2N2O. The van der Waals surface area contributed by atoms with Crippen LogP contribution >= 0.6 is 15.9 Å². The van der Waals surface area contributed by atoms with Gasteiger partial charge in [0, 0.05) is 22.2 Å². The molecule has 0 aliphatic carbocycles. The smallest absolute Gasteiger partial charge is 0.265 e. The van der Waals surface area contributed by atoms with Crippen molar-refractivity contribution in [1.29, 1.82) is 0 Å². The first-order chi connectivity index (χ1) is 7.95. The molecule has 0 aliphatic heterocycles. The Bertz CT molecular complexity index is 412. The van der Waals surface area contributed by atoms with Crippen molar-refractivity contribution in [3.63, 3.8) is 0 Å². The van der Waals surface area contributed by atoms with E-state index in [2.05, 4.69) is 26.2 Å². The van der Waals surface area contributed by atoms with Crippen LogP contribution in [0.2, 0.25) is 0 Å². The van der Waals surface area contributed by atoms with Crippen LogP contribution in [0.4, 0.5) is 14.6 Å². The summed E-state index contributed by atoms with van der Waals surface area (Å²) in [5.74, 6) is -0.244. The van der Waals surface area contributed by atoms with Crippen LogP contribution in [-0.2, 0) is 4.79 Å². The highest BCUT2D eigenvalue weighted by Gasteiger charge is 2.15. The van der Waals surface area contributed by atoms with Gasteiger partial charge < -0.3 is 5.32 Å². The molecule has 1 atom stereocenters. The van der Waals surface area contributed by atoms with E-state index in [0.29, 0.717) is 6.42 Å². The Balaban J connectivity index is 2.86. The van der Waals surface area contributed by atoms with Crippen molar-refractivity contribution in [2.45, 2.75) is 26.7 Å². The number of rotatable bonds is 4. The van der Waals surface area contributed by atoms with Crippen molar-refractivity contribution < 1.29 is 13.6 Å². The van der Waals surface area contributed by atoms with Crippen LogP contribution in [0.15, 0.2) is 16.7 Å². The summed E-state index contributed by atoms with van der Waals surface area (Å²) in [6.45, 7) is 3.64. The summed E-state index contributed by atoms with van der Waals surface area (Å²) < 4.78 is 25.4. The Kier molecular flexibility index (Phi) is 4.99. The molecule has 0 radical (unpaired) electrons. The number of hydrogen-bond acceptors (Lipinski definition) is 2. The lowest BCUT2D eigenvalue weighted by Gasteiger charge is -2.10. The van der Waals surface area contributed by atoms with Gasteiger partial charge in [0.05, 0.1) is 0 Å². The summed E-state index contributed by atoms with van der Waals surface area (Å²) in [5, 5.41) is 2.51. The van der Waals surface area contributed by atoms with E-state index in [4.69, 9.17) is 0 Å². The maximum Gasteiger partial charge on any atom is 0.265 e. The Labute approximate surface area is 107 Å². The first-order valence-electron chi connectivity index (χ1n) is 5.20. The first-order valence-corrected chi connectivity index (χ1v) is 5.99. The molecule has 0 saturated carbocycles. The van der Waals surface area contributed by atoms with E-state index in [9.17, 15) is 13.6 Å². The van der Waals surface area contributed by atoms with E-state index in [1.807, 2.05) is 6.92 Å². The number of pyridine rings is 1. The van der Waals surface area contributed by atoms with Crippen molar-refractivity contribution in [2.75, 3.05) is 5.32 Å². The van der Waals surface area contributed by atoms with Crippen LogP contribution in [0.1, 0.15) is 32.3 Å². The number of amides is 1. The van der Waals surface area contributed by atoms with Gasteiger partial charge in [-0.15, -0.1) is 0 Å². The van der Waals surface area contributed by atoms with E-state index >= 15 is 0 Å². The molecule has 1 amide bonds. The molecule has 1 aromatic heterocycles. The standard InChI is InChI=1S/C11H13BrF2N2O/c1-3-6(2)11(17)16-9-4-7(10(13)14)8(12)5-15-9/h4-6,10H,3H2,1-2H3,(H,15,16,17). The van der Waals surface area contributed by atoms with E-state index in [-0.39, 0.29) is 27.7 Å². The van der Waals surface area contributed by atoms with Crippen LogP contribution in [0, 0.1) is 5.92 Å². The zero-order valence-electron chi connectivity index (χ0n) is 9.51. The van der Waals surface area contributed by atoms with Crippen LogP contribution in [0.3, 0.4) is 0 Å². The molecule has 94 valence electrons. The van der Waals surface area contributed by atoms with Crippen molar-refractivity contribution in [1.82, 2.24) is 4.98 Å². The average molecular weight is 307 g/mol. The highest BCUT2D eigenvalue weighted by atomic mass is 79.9. The molecule has 3 nitrogen and oxygen atoms in total. The third-order valence-electron chi connectivity index (χ3n) is 2.43. The maximum absolute atomic E-state index is 12.6. The number of hydrogen-bond donors (Lipinski definition) is 1. The number of nitrogens with zero attached hydrogens (tertiary/aromatic N) is 1. The van der Waals surface area contributed by atoms with E-state index in [1.165, 1.54) is 12.3 Å². The summed E-state index contributed by atoms with van der Waals surface area (Å²) in [4.78, 5) is 15.4. The highest BCUT2D eigenvalue weighted by Crippen LogP contribution is 2.28. The number of aromatic nitrogens is 1. The number of nitrogens with one attached hydrogen (secondary N) is 1. The van der Waals surface area contributed by atoms with E-state index in [0.717, 1.165) is 0 Å². The number of carbonyl (C=O) groups excluding carboxylic acids is 1. The molecule has 1 unspecified atom stereocenters. The molecule has 0 aliphatic rings. The summed E-state index contributed by atoms with van der Waals surface area (Å²) in [6.07, 6.45) is -0.663. The van der Waals surface area contributed by atoms with Gasteiger partial charge in [0.1, 0.15) is 5.82 Å². The maximum atomic E-state index is 12.6. The van der Waals surface area contributed by atoms with Gasteiger partial charge in [-0.05, 0) is 28.4 Å². The van der Waals surface area contributed by atoms with E-state index in [1.54, 1.807) is 6.92 Å². The number of anilines is 1. The third-order valence-corrected chi connectivity index (χ3v) is 3.09. The summed E-state index contributed by atoms with van der Waals surface area (Å²) in [6, 6.07) is 1.18. The Morgan fingerprint density at radius 3 is 2.76 bits per heavy atom. The monoisotopic (exact) mass is 306 g/mol. The lowest BCUT2D eigenvalue weighted by molar-refractivity contribution is -0.119. The first kappa shape index (κ1) is 14.0. The van der Waals surface area contributed by atoms with Crippen LogP contribution in [0.25, 0.3) is 0 Å². The van der Waals surface area contributed by atoms with Gasteiger partial charge in [0.2, 0.25) is 5.91 Å². The van der Waals surface area contributed by atoms with Crippen LogP contribution < -0.4 is 5.32 Å². The fraction of sp³-hybridized carbons (Fsp3) is 0.455. The normalized spacial score (nSPS) is 12.6. The molecular weight excluding hydrogens is 294 g/mol. The zero-order chi connectivity index (χ0) is 13.0. The number of halogens is 3. The van der Waals surface area contributed by atoms with Gasteiger partial charge in [-0.1, -0.05) is 13.8 Å². The number of carbonyl (C=O) groups is 1. The molecule has 0 fully saturated rings. The second-order valence-electron chi connectivity index (χ2n) is 3.69. The largest absolute Gasteiger partial charge is 0.310 e. The lowest BCUT2D eigenvalue weighted by Crippen LogP contribution is -2.20. The minimum Gasteiger partial charge on any atom is -0.310 e. The molecule has 1 rings (SSSR count). The van der Waals surface area contributed by atoms with Gasteiger partial charge in [-0.25, -0.2) is 13.8 Å². The number of alkyl halides is 2. The Morgan fingerprint density at radius 1 is 1.59 bits per heavy atom. The Morgan fingerprint density at radius 2 is 2.24 bits per heavy atom. The minimum atomic E-state index is -2.60. The lowest BCUT2D eigenvalue weighted by atomic mass is 10.1. The van der Waals surface area contributed by atoms with Crippen molar-refractivity contribution in [3.05, 3.63) is 22.3 Å². The second-order valence-corrected chi connectivity index (χ2v) is 4.54. The van der Waals surface area contributed by atoms with Crippen molar-refractivity contribution in [2.24, 2.45) is 5.92 Å². The Hall–Kier alpha value is -1.04. The predicted molar refractivity (Wildman–Crippen MR) is 65.0 cm³/mol.